The average Bonchev–Trinajstić information content (AvgIpc) is 2.31. The highest BCUT2D eigenvalue weighted by Gasteiger charge is 2.19. The van der Waals surface area contributed by atoms with Gasteiger partial charge in [-0.1, -0.05) is 18.2 Å². The van der Waals surface area contributed by atoms with Crippen molar-refractivity contribution in [1.29, 1.82) is 0 Å². The summed E-state index contributed by atoms with van der Waals surface area (Å²) in [5.74, 6) is 0. The maximum atomic E-state index is 11.7. The average molecular weight is 221 g/mol. The van der Waals surface area contributed by atoms with Crippen LogP contribution < -0.4 is 4.90 Å². The largest absolute Gasteiger partial charge is 0.395 e. The second-order valence-corrected chi connectivity index (χ2v) is 3.19. The smallest absolute Gasteiger partial charge is 0.331 e. The lowest BCUT2D eigenvalue weighted by Gasteiger charge is -2.22. The van der Waals surface area contributed by atoms with Crippen LogP contribution in [0, 0.1) is 0 Å². The van der Waals surface area contributed by atoms with E-state index in [1.807, 2.05) is 0 Å². The lowest BCUT2D eigenvalue weighted by molar-refractivity contribution is 0.198. The van der Waals surface area contributed by atoms with Crippen LogP contribution in [0.25, 0.3) is 0 Å². The van der Waals surface area contributed by atoms with Crippen molar-refractivity contribution in [1.82, 2.24) is 4.90 Å². The number of likely N-dealkylation sites (N-methyl/N-ethyl adjacent to an activating group) is 1. The second kappa shape index (κ2) is 5.87. The van der Waals surface area contributed by atoms with E-state index in [9.17, 15) is 9.59 Å². The van der Waals surface area contributed by atoms with Crippen LogP contribution >= 0.6 is 0 Å². The van der Waals surface area contributed by atoms with Gasteiger partial charge in [0, 0.05) is 13.6 Å². The van der Waals surface area contributed by atoms with E-state index in [1.165, 1.54) is 11.9 Å². The van der Waals surface area contributed by atoms with Crippen molar-refractivity contribution in [2.75, 3.05) is 25.1 Å². The number of imide groups is 1. The van der Waals surface area contributed by atoms with Gasteiger partial charge in [-0.05, 0) is 12.1 Å². The van der Waals surface area contributed by atoms with Crippen LogP contribution in [0.3, 0.4) is 0 Å². The molecule has 85 valence electrons. The Hall–Kier alpha value is -1.88. The number of benzene rings is 1. The molecule has 1 aromatic carbocycles. The maximum Gasteiger partial charge on any atom is 0.331 e. The van der Waals surface area contributed by atoms with Crippen molar-refractivity contribution in [2.45, 2.75) is 0 Å². The van der Waals surface area contributed by atoms with Crippen LogP contribution in [0.1, 0.15) is 0 Å². The monoisotopic (exact) mass is 221 g/mol. The third-order valence-electron chi connectivity index (χ3n) is 2.06. The number of amides is 3. The van der Waals surface area contributed by atoms with Gasteiger partial charge in [-0.15, -0.1) is 0 Å². The molecule has 0 bridgehead atoms. The van der Waals surface area contributed by atoms with Gasteiger partial charge in [0.2, 0.25) is 0 Å². The molecule has 0 atom stereocenters. The number of carbonyl (C=O) groups is 1. The molecular weight excluding hydrogens is 208 g/mol. The number of urea groups is 1. The summed E-state index contributed by atoms with van der Waals surface area (Å²) in [6.45, 7) is 0.0214. The number of nitrogens with zero attached hydrogens (tertiary/aromatic N) is 2. The van der Waals surface area contributed by atoms with E-state index in [1.54, 1.807) is 36.7 Å². The Morgan fingerprint density at radius 2 is 2.00 bits per heavy atom. The molecule has 0 saturated carbocycles. The Morgan fingerprint density at radius 1 is 1.38 bits per heavy atom. The minimum absolute atomic E-state index is 0.149. The number of rotatable bonds is 4. The van der Waals surface area contributed by atoms with E-state index < -0.39 is 6.03 Å². The molecule has 1 aromatic rings. The van der Waals surface area contributed by atoms with E-state index in [2.05, 4.69) is 0 Å². The summed E-state index contributed by atoms with van der Waals surface area (Å²) >= 11 is 0. The molecule has 1 rings (SSSR count). The normalized spacial score (nSPS) is 9.62. The minimum atomic E-state index is -0.518. The molecule has 0 heterocycles. The van der Waals surface area contributed by atoms with Crippen molar-refractivity contribution in [3.8, 4) is 0 Å². The molecular formula is C11H13N2O3. The zero-order valence-corrected chi connectivity index (χ0v) is 8.96. The summed E-state index contributed by atoms with van der Waals surface area (Å²) in [4.78, 5) is 24.6. The summed E-state index contributed by atoms with van der Waals surface area (Å²) in [7, 11) is 1.51. The molecule has 0 saturated heterocycles. The summed E-state index contributed by atoms with van der Waals surface area (Å²) in [5, 5.41) is 8.70. The molecule has 0 fully saturated rings. The first-order valence-corrected chi connectivity index (χ1v) is 4.79. The number of aliphatic hydroxyl groups excluding tert-OH is 1. The molecule has 5 nitrogen and oxygen atoms in total. The van der Waals surface area contributed by atoms with Gasteiger partial charge in [-0.2, -0.15) is 0 Å². The van der Waals surface area contributed by atoms with E-state index in [4.69, 9.17) is 5.11 Å². The second-order valence-electron chi connectivity index (χ2n) is 3.19. The molecule has 0 aromatic heterocycles. The predicted molar refractivity (Wildman–Crippen MR) is 59.7 cm³/mol. The number of hydrogen-bond donors (Lipinski definition) is 1. The predicted octanol–water partition coefficient (Wildman–Crippen LogP) is 0.604. The molecule has 0 aliphatic carbocycles. The summed E-state index contributed by atoms with van der Waals surface area (Å²) in [5.41, 5.74) is 0.451. The lowest BCUT2D eigenvalue weighted by atomic mass is 10.3. The summed E-state index contributed by atoms with van der Waals surface area (Å²) < 4.78 is 0. The van der Waals surface area contributed by atoms with E-state index in [0.717, 1.165) is 4.90 Å². The molecule has 0 aliphatic rings. The van der Waals surface area contributed by atoms with Crippen LogP contribution in [0.15, 0.2) is 30.3 Å². The minimum Gasteiger partial charge on any atom is -0.395 e. The quantitative estimate of drug-likeness (QED) is 0.757. The number of hydrogen-bond acceptors (Lipinski definition) is 3. The molecule has 0 aliphatic heterocycles. The maximum absolute atomic E-state index is 11.7. The van der Waals surface area contributed by atoms with Crippen molar-refractivity contribution in [2.24, 2.45) is 0 Å². The Bertz CT molecular complexity index is 354. The van der Waals surface area contributed by atoms with E-state index in [-0.39, 0.29) is 13.2 Å². The summed E-state index contributed by atoms with van der Waals surface area (Å²) in [6, 6.07) is 7.98. The Morgan fingerprint density at radius 3 is 2.50 bits per heavy atom. The van der Waals surface area contributed by atoms with Crippen molar-refractivity contribution in [3.05, 3.63) is 30.3 Å². The Kier molecular flexibility index (Phi) is 4.47. The highest BCUT2D eigenvalue weighted by molar-refractivity contribution is 6.06. The van der Waals surface area contributed by atoms with Gasteiger partial charge in [0.1, 0.15) is 0 Å². The van der Waals surface area contributed by atoms with Gasteiger partial charge in [-0.3, -0.25) is 4.79 Å². The summed E-state index contributed by atoms with van der Waals surface area (Å²) in [6.07, 6.45) is 1.57. The molecule has 0 spiro atoms. The van der Waals surface area contributed by atoms with Crippen LogP contribution in [0.5, 0.6) is 0 Å². The zero-order chi connectivity index (χ0) is 12.0. The van der Waals surface area contributed by atoms with Gasteiger partial charge in [0.25, 0.3) is 0 Å². The third kappa shape index (κ3) is 2.80. The third-order valence-corrected chi connectivity index (χ3v) is 2.06. The molecule has 5 heteroatoms. The zero-order valence-electron chi connectivity index (χ0n) is 8.96. The van der Waals surface area contributed by atoms with Gasteiger partial charge in [-0.25, -0.2) is 9.69 Å². The Balaban J connectivity index is 2.83. The van der Waals surface area contributed by atoms with E-state index in [0.29, 0.717) is 5.69 Å². The molecule has 0 unspecified atom stereocenters. The molecule has 16 heavy (non-hydrogen) atoms. The van der Waals surface area contributed by atoms with Crippen LogP contribution in [-0.2, 0) is 4.79 Å². The molecule has 1 radical (unpaired) electrons. The highest BCUT2D eigenvalue weighted by Crippen LogP contribution is 2.12. The van der Waals surface area contributed by atoms with Crippen molar-refractivity contribution in [3.63, 3.8) is 0 Å². The molecule has 1 N–H and O–H groups in total. The fraction of sp³-hybridized carbons (Fsp3) is 0.273. The lowest BCUT2D eigenvalue weighted by Crippen LogP contribution is -2.41. The van der Waals surface area contributed by atoms with Crippen LogP contribution in [0.4, 0.5) is 10.5 Å². The first-order chi connectivity index (χ1) is 7.70. The van der Waals surface area contributed by atoms with Crippen LogP contribution in [0.2, 0.25) is 0 Å². The van der Waals surface area contributed by atoms with E-state index >= 15 is 0 Å². The number of carbonyl (C=O) groups excluding carboxylic acids is 2. The Labute approximate surface area is 93.9 Å². The fourth-order valence-corrected chi connectivity index (χ4v) is 1.20. The number of aliphatic hydroxyl groups is 1. The van der Waals surface area contributed by atoms with Gasteiger partial charge in [0.15, 0.2) is 0 Å². The highest BCUT2D eigenvalue weighted by atomic mass is 16.3. The van der Waals surface area contributed by atoms with Crippen molar-refractivity contribution < 1.29 is 14.7 Å². The van der Waals surface area contributed by atoms with Gasteiger partial charge >= 0.3 is 12.4 Å². The number of para-hydroxylation sites is 1. The standard InChI is InChI=1S/C11H13N2O3/c1-12(7-8-14)11(16)13(9-15)10-5-3-2-4-6-10/h2-6,14H,7-8H2,1H3. The topological polar surface area (TPSA) is 60.9 Å². The number of anilines is 1. The molecule has 3 amide bonds. The van der Waals surface area contributed by atoms with Crippen LogP contribution in [-0.4, -0.2) is 42.6 Å². The SMILES string of the molecule is CN(CCO)C(=O)N([C]=O)c1ccccc1. The fourth-order valence-electron chi connectivity index (χ4n) is 1.20. The van der Waals surface area contributed by atoms with Crippen molar-refractivity contribution >= 4 is 18.1 Å². The van der Waals surface area contributed by atoms with Gasteiger partial charge < -0.3 is 10.0 Å². The first-order valence-electron chi connectivity index (χ1n) is 4.79. The first kappa shape index (κ1) is 12.2. The van der Waals surface area contributed by atoms with Gasteiger partial charge in [0.05, 0.1) is 12.3 Å².